The monoisotopic (exact) mass is 337 g/mol. The molecule has 25 heavy (non-hydrogen) atoms. The van der Waals surface area contributed by atoms with Crippen molar-refractivity contribution in [1.29, 1.82) is 5.26 Å². The van der Waals surface area contributed by atoms with Gasteiger partial charge in [0.1, 0.15) is 17.4 Å². The third-order valence-corrected chi connectivity index (χ3v) is 4.84. The largest absolute Gasteiger partial charge is 0.444 e. The lowest BCUT2D eigenvalue weighted by Crippen LogP contribution is -2.20. The first kappa shape index (κ1) is 17.1. The van der Waals surface area contributed by atoms with Crippen molar-refractivity contribution in [3.05, 3.63) is 52.6 Å². The Bertz CT molecular complexity index is 823. The highest BCUT2D eigenvalue weighted by Gasteiger charge is 2.42. The minimum absolute atomic E-state index is 0.0376. The maximum absolute atomic E-state index is 13.3. The summed E-state index contributed by atoms with van der Waals surface area (Å²) in [6.07, 6.45) is 1.29. The number of rotatable bonds is 2. The molecule has 1 aliphatic heterocycles. The third kappa shape index (κ3) is 3.00. The second-order valence-corrected chi connectivity index (χ2v) is 7.69. The van der Waals surface area contributed by atoms with Gasteiger partial charge in [0.25, 0.3) is 0 Å². The molecular formula is C20H23N3O2. The van der Waals surface area contributed by atoms with Crippen LogP contribution in [0.5, 0.6) is 0 Å². The van der Waals surface area contributed by atoms with Crippen LogP contribution in [0.1, 0.15) is 38.2 Å². The molecule has 1 aromatic carbocycles. The molecule has 2 N–H and O–H groups in total. The van der Waals surface area contributed by atoms with E-state index in [2.05, 4.69) is 19.9 Å². The van der Waals surface area contributed by atoms with E-state index in [-0.39, 0.29) is 22.7 Å². The van der Waals surface area contributed by atoms with Crippen molar-refractivity contribution < 1.29 is 9.53 Å². The van der Waals surface area contributed by atoms with E-state index in [0.29, 0.717) is 24.2 Å². The fourth-order valence-corrected chi connectivity index (χ4v) is 3.54. The molecule has 3 rings (SSSR count). The Kier molecular flexibility index (Phi) is 4.08. The molecule has 1 heterocycles. The van der Waals surface area contributed by atoms with Crippen LogP contribution in [0.25, 0.3) is 0 Å². The van der Waals surface area contributed by atoms with Gasteiger partial charge in [0.2, 0.25) is 5.88 Å². The van der Waals surface area contributed by atoms with Gasteiger partial charge in [-0.3, -0.25) is 4.79 Å². The molecule has 0 spiro atoms. The predicted molar refractivity (Wildman–Crippen MR) is 96.5 cm³/mol. The number of Topliss-reactive ketones (excluding diaryl/α,β-unsaturated/α-hetero) is 1. The van der Waals surface area contributed by atoms with Crippen LogP contribution in [0.15, 0.2) is 47.1 Å². The summed E-state index contributed by atoms with van der Waals surface area (Å²) >= 11 is 0. The molecule has 0 fully saturated rings. The first-order chi connectivity index (χ1) is 11.7. The SMILES string of the molecule is CN(C)c1ccc(C2C(=O)C3=C(CC(C)(C)C3)OC(N)=C2C#N)cc1. The molecule has 0 aromatic heterocycles. The van der Waals surface area contributed by atoms with Crippen molar-refractivity contribution in [2.24, 2.45) is 11.1 Å². The molecule has 5 nitrogen and oxygen atoms in total. The number of hydrogen-bond donors (Lipinski definition) is 1. The summed E-state index contributed by atoms with van der Waals surface area (Å²) in [7, 11) is 3.91. The Balaban J connectivity index is 2.08. The Morgan fingerprint density at radius 1 is 1.24 bits per heavy atom. The molecule has 5 heteroatoms. The number of hydrogen-bond acceptors (Lipinski definition) is 5. The number of benzene rings is 1. The van der Waals surface area contributed by atoms with Gasteiger partial charge in [-0.25, -0.2) is 0 Å². The van der Waals surface area contributed by atoms with Gasteiger partial charge in [-0.15, -0.1) is 0 Å². The van der Waals surface area contributed by atoms with E-state index >= 15 is 0 Å². The van der Waals surface area contributed by atoms with Crippen molar-refractivity contribution in [2.45, 2.75) is 32.6 Å². The van der Waals surface area contributed by atoms with Crippen LogP contribution in [-0.4, -0.2) is 19.9 Å². The minimum atomic E-state index is -0.706. The smallest absolute Gasteiger partial charge is 0.205 e. The van der Waals surface area contributed by atoms with Crippen molar-refractivity contribution in [3.63, 3.8) is 0 Å². The van der Waals surface area contributed by atoms with Gasteiger partial charge >= 0.3 is 0 Å². The van der Waals surface area contributed by atoms with E-state index in [4.69, 9.17) is 10.5 Å². The highest BCUT2D eigenvalue weighted by molar-refractivity contribution is 6.04. The molecule has 0 saturated heterocycles. The molecular weight excluding hydrogens is 314 g/mol. The highest BCUT2D eigenvalue weighted by atomic mass is 16.5. The molecule has 0 saturated carbocycles. The molecule has 2 aliphatic rings. The van der Waals surface area contributed by atoms with Crippen molar-refractivity contribution in [3.8, 4) is 6.07 Å². The van der Waals surface area contributed by atoms with Gasteiger partial charge in [0.15, 0.2) is 5.78 Å². The van der Waals surface area contributed by atoms with E-state index < -0.39 is 5.92 Å². The van der Waals surface area contributed by atoms with Gasteiger partial charge in [-0.1, -0.05) is 26.0 Å². The number of anilines is 1. The van der Waals surface area contributed by atoms with Gasteiger partial charge in [-0.05, 0) is 29.5 Å². The zero-order valence-electron chi connectivity index (χ0n) is 15.1. The molecule has 0 bridgehead atoms. The summed E-state index contributed by atoms with van der Waals surface area (Å²) in [5, 5.41) is 9.60. The highest BCUT2D eigenvalue weighted by Crippen LogP contribution is 2.47. The van der Waals surface area contributed by atoms with Gasteiger partial charge in [-0.2, -0.15) is 5.26 Å². The van der Waals surface area contributed by atoms with Gasteiger partial charge in [0.05, 0.1) is 5.92 Å². The molecule has 0 radical (unpaired) electrons. The number of nitrogens with two attached hydrogens (primary N) is 1. The van der Waals surface area contributed by atoms with Crippen LogP contribution < -0.4 is 10.6 Å². The standard InChI is InChI=1S/C20H23N3O2/c1-20(2)9-14-16(10-20)25-19(22)15(11-21)17(18(14)24)12-5-7-13(8-6-12)23(3)4/h5-8,17H,9-10,22H2,1-4H3. The normalized spacial score (nSPS) is 22.2. The number of carbonyl (C=O) groups excluding carboxylic acids is 1. The van der Waals surface area contributed by atoms with E-state index in [0.717, 1.165) is 11.3 Å². The lowest BCUT2D eigenvalue weighted by molar-refractivity contribution is -0.116. The number of ether oxygens (including phenoxy) is 1. The summed E-state index contributed by atoms with van der Waals surface area (Å²) in [6.45, 7) is 4.20. The average Bonchev–Trinajstić information content (AvgIpc) is 2.81. The second kappa shape index (κ2) is 5.96. The van der Waals surface area contributed by atoms with Crippen LogP contribution in [0.4, 0.5) is 5.69 Å². The van der Waals surface area contributed by atoms with E-state index in [1.165, 1.54) is 0 Å². The Hall–Kier alpha value is -2.74. The second-order valence-electron chi connectivity index (χ2n) is 7.69. The first-order valence-electron chi connectivity index (χ1n) is 8.34. The van der Waals surface area contributed by atoms with Gasteiger partial charge in [0, 0.05) is 31.8 Å². The zero-order valence-corrected chi connectivity index (χ0v) is 15.1. The van der Waals surface area contributed by atoms with Crippen LogP contribution in [-0.2, 0) is 9.53 Å². The summed E-state index contributed by atoms with van der Waals surface area (Å²) < 4.78 is 5.74. The molecule has 1 atom stereocenters. The topological polar surface area (TPSA) is 79.3 Å². The molecule has 0 amide bonds. The Morgan fingerprint density at radius 2 is 1.88 bits per heavy atom. The van der Waals surface area contributed by atoms with Gasteiger partial charge < -0.3 is 15.4 Å². The van der Waals surface area contributed by atoms with Crippen LogP contribution in [0, 0.1) is 16.7 Å². The number of allylic oxidation sites excluding steroid dienone is 3. The maximum atomic E-state index is 13.3. The minimum Gasteiger partial charge on any atom is -0.444 e. The van der Waals surface area contributed by atoms with E-state index in [9.17, 15) is 10.1 Å². The number of carbonyl (C=O) groups is 1. The molecule has 1 unspecified atom stereocenters. The van der Waals surface area contributed by atoms with Crippen LogP contribution >= 0.6 is 0 Å². The summed E-state index contributed by atoms with van der Waals surface area (Å²) in [4.78, 5) is 15.2. The Labute approximate surface area is 148 Å². The Morgan fingerprint density at radius 3 is 2.44 bits per heavy atom. The lowest BCUT2D eigenvalue weighted by atomic mass is 9.82. The van der Waals surface area contributed by atoms with Crippen LogP contribution in [0.3, 0.4) is 0 Å². The predicted octanol–water partition coefficient (Wildman–Crippen LogP) is 3.20. The molecule has 1 aromatic rings. The summed E-state index contributed by atoms with van der Waals surface area (Å²) in [6, 6.07) is 9.73. The number of nitriles is 1. The zero-order chi connectivity index (χ0) is 18.4. The maximum Gasteiger partial charge on any atom is 0.205 e. The van der Waals surface area contributed by atoms with E-state index in [1.54, 1.807) is 0 Å². The molecule has 1 aliphatic carbocycles. The van der Waals surface area contributed by atoms with Crippen molar-refractivity contribution >= 4 is 11.5 Å². The lowest BCUT2D eigenvalue weighted by Gasteiger charge is -2.21. The summed E-state index contributed by atoms with van der Waals surface area (Å²) in [5.41, 5.74) is 8.65. The van der Waals surface area contributed by atoms with Crippen molar-refractivity contribution in [2.75, 3.05) is 19.0 Å². The first-order valence-corrected chi connectivity index (χ1v) is 8.34. The average molecular weight is 337 g/mol. The summed E-state index contributed by atoms with van der Waals surface area (Å²) in [5.74, 6) is -0.120. The van der Waals surface area contributed by atoms with Crippen molar-refractivity contribution in [1.82, 2.24) is 0 Å². The number of nitrogens with zero attached hydrogens (tertiary/aromatic N) is 2. The quantitative estimate of drug-likeness (QED) is 0.896. The van der Waals surface area contributed by atoms with Crippen LogP contribution in [0.2, 0.25) is 0 Å². The van der Waals surface area contributed by atoms with E-state index in [1.807, 2.05) is 43.3 Å². The fourth-order valence-electron chi connectivity index (χ4n) is 3.54. The number of ketones is 1. The third-order valence-electron chi connectivity index (χ3n) is 4.84. The fraction of sp³-hybridized carbons (Fsp3) is 0.400. The molecule has 130 valence electrons.